The summed E-state index contributed by atoms with van der Waals surface area (Å²) in [5.41, 5.74) is 6.75. The lowest BCUT2D eigenvalue weighted by Gasteiger charge is -2.11. The van der Waals surface area contributed by atoms with Gasteiger partial charge in [0.15, 0.2) is 0 Å². The summed E-state index contributed by atoms with van der Waals surface area (Å²) in [5, 5.41) is 3.23. The van der Waals surface area contributed by atoms with E-state index in [2.05, 4.69) is 22.2 Å². The molecule has 0 aliphatic rings. The summed E-state index contributed by atoms with van der Waals surface area (Å²) in [5.74, 6) is 1.37. The number of nitrogens with two attached hydrogens (primary N) is 1. The molecule has 1 heterocycles. The van der Waals surface area contributed by atoms with Crippen LogP contribution < -0.4 is 11.1 Å². The molecule has 0 radical (unpaired) electrons. The fourth-order valence-corrected chi connectivity index (χ4v) is 1.52. The highest BCUT2D eigenvalue weighted by Gasteiger charge is 2.05. The van der Waals surface area contributed by atoms with Crippen LogP contribution in [0.1, 0.15) is 32.3 Å². The number of hydrogen-bond acceptors (Lipinski definition) is 5. The number of nitrogens with zero attached hydrogens (tertiary/aromatic N) is 2. The minimum absolute atomic E-state index is 0.553. The van der Waals surface area contributed by atoms with E-state index < -0.39 is 0 Å². The van der Waals surface area contributed by atoms with Crippen LogP contribution >= 0.6 is 0 Å². The third-order valence-corrected chi connectivity index (χ3v) is 2.51. The highest BCUT2D eigenvalue weighted by atomic mass is 16.5. The smallest absolute Gasteiger partial charge is 0.134 e. The molecule has 5 nitrogen and oxygen atoms in total. The van der Waals surface area contributed by atoms with Gasteiger partial charge in [0.1, 0.15) is 18.0 Å². The molecule has 17 heavy (non-hydrogen) atoms. The van der Waals surface area contributed by atoms with Crippen LogP contribution in [0.15, 0.2) is 6.33 Å². The molecule has 0 spiro atoms. The minimum Gasteiger partial charge on any atom is -0.383 e. The first-order valence-corrected chi connectivity index (χ1v) is 6.20. The maximum atomic E-state index is 5.78. The van der Waals surface area contributed by atoms with Gasteiger partial charge in [-0.05, 0) is 12.8 Å². The lowest BCUT2D eigenvalue weighted by atomic mass is 10.2. The third-order valence-electron chi connectivity index (χ3n) is 2.51. The first-order chi connectivity index (χ1) is 8.29. The lowest BCUT2D eigenvalue weighted by Crippen LogP contribution is -2.13. The van der Waals surface area contributed by atoms with Crippen molar-refractivity contribution in [3.63, 3.8) is 0 Å². The Balaban J connectivity index is 2.33. The standard InChI is InChI=1S/C12H22N4O/c1-3-5-7-17-8-6-14-12-10(4-2)11(13)15-9-16-12/h9H,3-8H2,1-2H3,(H3,13,14,15,16). The van der Waals surface area contributed by atoms with Gasteiger partial charge in [0.05, 0.1) is 6.61 Å². The third kappa shape index (κ3) is 4.56. The molecule has 0 unspecified atom stereocenters. The van der Waals surface area contributed by atoms with Gasteiger partial charge in [-0.1, -0.05) is 20.3 Å². The van der Waals surface area contributed by atoms with E-state index in [0.717, 1.165) is 43.8 Å². The minimum atomic E-state index is 0.553. The van der Waals surface area contributed by atoms with Crippen LogP contribution in [0.2, 0.25) is 0 Å². The number of hydrogen-bond donors (Lipinski definition) is 2. The number of nitrogens with one attached hydrogen (secondary N) is 1. The van der Waals surface area contributed by atoms with Crippen molar-refractivity contribution >= 4 is 11.6 Å². The maximum Gasteiger partial charge on any atom is 0.134 e. The number of nitrogen functional groups attached to an aromatic ring is 1. The number of ether oxygens (including phenoxy) is 1. The van der Waals surface area contributed by atoms with E-state index in [4.69, 9.17) is 10.5 Å². The fourth-order valence-electron chi connectivity index (χ4n) is 1.52. The van der Waals surface area contributed by atoms with Gasteiger partial charge >= 0.3 is 0 Å². The van der Waals surface area contributed by atoms with E-state index in [1.54, 1.807) is 0 Å². The van der Waals surface area contributed by atoms with E-state index in [-0.39, 0.29) is 0 Å². The largest absolute Gasteiger partial charge is 0.383 e. The molecule has 0 aliphatic heterocycles. The Labute approximate surface area is 103 Å². The van der Waals surface area contributed by atoms with Gasteiger partial charge in [0, 0.05) is 18.7 Å². The maximum absolute atomic E-state index is 5.78. The van der Waals surface area contributed by atoms with Crippen LogP contribution in [0.4, 0.5) is 11.6 Å². The molecule has 0 bridgehead atoms. The van der Waals surface area contributed by atoms with E-state index in [9.17, 15) is 0 Å². The summed E-state index contributed by atoms with van der Waals surface area (Å²) < 4.78 is 5.46. The summed E-state index contributed by atoms with van der Waals surface area (Å²) in [6.45, 7) is 6.45. The molecule has 0 aliphatic carbocycles. The zero-order chi connectivity index (χ0) is 12.5. The Morgan fingerprint density at radius 1 is 1.29 bits per heavy atom. The Kier molecular flexibility index (Phi) is 6.32. The van der Waals surface area contributed by atoms with Crippen LogP contribution in [0, 0.1) is 0 Å². The zero-order valence-electron chi connectivity index (χ0n) is 10.7. The van der Waals surface area contributed by atoms with E-state index in [0.29, 0.717) is 12.4 Å². The second-order valence-electron chi connectivity index (χ2n) is 3.83. The van der Waals surface area contributed by atoms with E-state index >= 15 is 0 Å². The molecule has 1 rings (SSSR count). The van der Waals surface area contributed by atoms with Crippen molar-refractivity contribution in [3.05, 3.63) is 11.9 Å². The van der Waals surface area contributed by atoms with Crippen molar-refractivity contribution in [1.29, 1.82) is 0 Å². The zero-order valence-corrected chi connectivity index (χ0v) is 10.7. The van der Waals surface area contributed by atoms with Gasteiger partial charge in [0.25, 0.3) is 0 Å². The Morgan fingerprint density at radius 3 is 2.82 bits per heavy atom. The van der Waals surface area contributed by atoms with Crippen LogP contribution in [0.5, 0.6) is 0 Å². The molecule has 1 aromatic rings. The highest BCUT2D eigenvalue weighted by Crippen LogP contribution is 2.16. The average Bonchev–Trinajstić information content (AvgIpc) is 2.34. The van der Waals surface area contributed by atoms with Crippen molar-refractivity contribution in [2.45, 2.75) is 33.1 Å². The van der Waals surface area contributed by atoms with Crippen molar-refractivity contribution in [2.24, 2.45) is 0 Å². The second kappa shape index (κ2) is 7.84. The molecular formula is C12H22N4O. The summed E-state index contributed by atoms with van der Waals surface area (Å²) in [4.78, 5) is 8.16. The summed E-state index contributed by atoms with van der Waals surface area (Å²) in [6, 6.07) is 0. The fraction of sp³-hybridized carbons (Fsp3) is 0.667. The van der Waals surface area contributed by atoms with Crippen molar-refractivity contribution < 1.29 is 4.74 Å². The Hall–Kier alpha value is -1.36. The van der Waals surface area contributed by atoms with Gasteiger partial charge in [-0.2, -0.15) is 0 Å². The van der Waals surface area contributed by atoms with Crippen LogP contribution in [-0.4, -0.2) is 29.7 Å². The first kappa shape index (κ1) is 13.7. The summed E-state index contributed by atoms with van der Waals surface area (Å²) >= 11 is 0. The molecule has 0 saturated carbocycles. The number of aromatic nitrogens is 2. The molecule has 96 valence electrons. The summed E-state index contributed by atoms with van der Waals surface area (Å²) in [7, 11) is 0. The molecule has 0 atom stereocenters. The molecule has 0 saturated heterocycles. The first-order valence-electron chi connectivity index (χ1n) is 6.20. The van der Waals surface area contributed by atoms with Gasteiger partial charge < -0.3 is 15.8 Å². The molecule has 0 fully saturated rings. The Morgan fingerprint density at radius 2 is 2.12 bits per heavy atom. The summed E-state index contributed by atoms with van der Waals surface area (Å²) in [6.07, 6.45) is 4.58. The lowest BCUT2D eigenvalue weighted by molar-refractivity contribution is 0.141. The predicted molar refractivity (Wildman–Crippen MR) is 70.0 cm³/mol. The average molecular weight is 238 g/mol. The highest BCUT2D eigenvalue weighted by molar-refractivity contribution is 5.54. The molecule has 0 aromatic carbocycles. The SMILES string of the molecule is CCCCOCCNc1ncnc(N)c1CC. The quantitative estimate of drug-likeness (QED) is 0.676. The topological polar surface area (TPSA) is 73.1 Å². The second-order valence-corrected chi connectivity index (χ2v) is 3.83. The number of rotatable bonds is 8. The normalized spacial score (nSPS) is 10.5. The van der Waals surface area contributed by atoms with E-state index in [1.807, 2.05) is 6.92 Å². The van der Waals surface area contributed by atoms with Crippen LogP contribution in [0.3, 0.4) is 0 Å². The van der Waals surface area contributed by atoms with Crippen molar-refractivity contribution in [2.75, 3.05) is 30.8 Å². The Bertz CT molecular complexity index is 330. The molecular weight excluding hydrogens is 216 g/mol. The molecule has 0 amide bonds. The van der Waals surface area contributed by atoms with Gasteiger partial charge in [-0.25, -0.2) is 9.97 Å². The monoisotopic (exact) mass is 238 g/mol. The van der Waals surface area contributed by atoms with Crippen LogP contribution in [0.25, 0.3) is 0 Å². The van der Waals surface area contributed by atoms with Gasteiger partial charge in [-0.3, -0.25) is 0 Å². The van der Waals surface area contributed by atoms with E-state index in [1.165, 1.54) is 6.33 Å². The number of unbranched alkanes of at least 4 members (excludes halogenated alkanes) is 1. The molecule has 5 heteroatoms. The van der Waals surface area contributed by atoms with Gasteiger partial charge in [0.2, 0.25) is 0 Å². The van der Waals surface area contributed by atoms with Crippen molar-refractivity contribution in [1.82, 2.24) is 9.97 Å². The predicted octanol–water partition coefficient (Wildman–Crippen LogP) is 1.85. The number of anilines is 2. The molecule has 1 aromatic heterocycles. The van der Waals surface area contributed by atoms with Crippen LogP contribution in [-0.2, 0) is 11.2 Å². The van der Waals surface area contributed by atoms with Crippen molar-refractivity contribution in [3.8, 4) is 0 Å². The van der Waals surface area contributed by atoms with Gasteiger partial charge in [-0.15, -0.1) is 0 Å². The molecule has 3 N–H and O–H groups in total.